The Kier molecular flexibility index (Phi) is 6.10. The highest BCUT2D eigenvalue weighted by molar-refractivity contribution is 7.99. The van der Waals surface area contributed by atoms with Crippen molar-refractivity contribution in [2.75, 3.05) is 13.1 Å². The van der Waals surface area contributed by atoms with Gasteiger partial charge < -0.3 is 5.32 Å². The zero-order valence-electron chi connectivity index (χ0n) is 12.0. The van der Waals surface area contributed by atoms with Crippen LogP contribution in [0.2, 0.25) is 0 Å². The predicted octanol–water partition coefficient (Wildman–Crippen LogP) is 2.34. The zero-order chi connectivity index (χ0) is 13.5. The average Bonchev–Trinajstić information content (AvgIpc) is 2.85. The molecule has 0 spiro atoms. The second kappa shape index (κ2) is 7.85. The molecule has 6 heteroatoms. The summed E-state index contributed by atoms with van der Waals surface area (Å²) < 4.78 is 1.94. The molecule has 5 nitrogen and oxygen atoms in total. The van der Waals surface area contributed by atoms with Gasteiger partial charge in [0.15, 0.2) is 0 Å². The second-order valence-corrected chi connectivity index (χ2v) is 6.70. The van der Waals surface area contributed by atoms with E-state index >= 15 is 0 Å². The molecular weight excluding hydrogens is 258 g/mol. The minimum atomic E-state index is 0.699. The highest BCUT2D eigenvalue weighted by Gasteiger charge is 2.21. The summed E-state index contributed by atoms with van der Waals surface area (Å²) in [6.07, 6.45) is 6.45. The van der Waals surface area contributed by atoms with Gasteiger partial charge in [-0.15, -0.1) is 5.10 Å². The standard InChI is InChI=1S/C13H25N5S/c1-3-8-14-9-10-18-13(15-16-17-18)19-12-6-4-11(2)5-7-12/h11-12,14H,3-10H2,1-2H3. The topological polar surface area (TPSA) is 55.6 Å². The Hall–Kier alpha value is -0.620. The molecule has 19 heavy (non-hydrogen) atoms. The number of hydrogen-bond acceptors (Lipinski definition) is 5. The summed E-state index contributed by atoms with van der Waals surface area (Å²) in [5.41, 5.74) is 0. The molecule has 1 aliphatic carbocycles. The van der Waals surface area contributed by atoms with E-state index in [1.165, 1.54) is 25.7 Å². The quantitative estimate of drug-likeness (QED) is 0.778. The number of tetrazole rings is 1. The van der Waals surface area contributed by atoms with E-state index in [4.69, 9.17) is 0 Å². The first-order chi connectivity index (χ1) is 9.29. The van der Waals surface area contributed by atoms with Crippen molar-refractivity contribution >= 4 is 11.8 Å². The van der Waals surface area contributed by atoms with Crippen molar-refractivity contribution < 1.29 is 0 Å². The van der Waals surface area contributed by atoms with E-state index in [-0.39, 0.29) is 0 Å². The van der Waals surface area contributed by atoms with Crippen molar-refractivity contribution in [1.82, 2.24) is 25.5 Å². The number of nitrogens with one attached hydrogen (secondary N) is 1. The molecule has 0 atom stereocenters. The molecule has 1 heterocycles. The molecule has 1 aliphatic rings. The van der Waals surface area contributed by atoms with Gasteiger partial charge in [-0.3, -0.25) is 0 Å². The van der Waals surface area contributed by atoms with Crippen LogP contribution in [0.1, 0.15) is 46.0 Å². The molecule has 1 saturated carbocycles. The van der Waals surface area contributed by atoms with Gasteiger partial charge >= 0.3 is 0 Å². The third-order valence-electron chi connectivity index (χ3n) is 3.66. The largest absolute Gasteiger partial charge is 0.315 e. The lowest BCUT2D eigenvalue weighted by molar-refractivity contribution is 0.392. The Morgan fingerprint density at radius 1 is 1.26 bits per heavy atom. The maximum Gasteiger partial charge on any atom is 0.209 e. The van der Waals surface area contributed by atoms with Crippen LogP contribution in [0, 0.1) is 5.92 Å². The fraction of sp³-hybridized carbons (Fsp3) is 0.923. The summed E-state index contributed by atoms with van der Waals surface area (Å²) in [6.45, 7) is 7.39. The summed E-state index contributed by atoms with van der Waals surface area (Å²) in [7, 11) is 0. The van der Waals surface area contributed by atoms with E-state index in [0.29, 0.717) is 5.25 Å². The van der Waals surface area contributed by atoms with E-state index in [0.717, 1.165) is 37.1 Å². The first-order valence-electron chi connectivity index (χ1n) is 7.43. The van der Waals surface area contributed by atoms with Gasteiger partial charge in [-0.05, 0) is 55.0 Å². The number of hydrogen-bond donors (Lipinski definition) is 1. The molecule has 2 rings (SSSR count). The van der Waals surface area contributed by atoms with Gasteiger partial charge in [0.25, 0.3) is 0 Å². The van der Waals surface area contributed by atoms with Crippen LogP contribution in [0.25, 0.3) is 0 Å². The van der Waals surface area contributed by atoms with Crippen molar-refractivity contribution in [2.45, 2.75) is 62.9 Å². The smallest absolute Gasteiger partial charge is 0.209 e. The molecule has 0 amide bonds. The van der Waals surface area contributed by atoms with Crippen LogP contribution in [0.4, 0.5) is 0 Å². The number of aromatic nitrogens is 4. The first kappa shape index (κ1) is 14.8. The molecule has 1 N–H and O–H groups in total. The molecule has 0 aromatic carbocycles. The Morgan fingerprint density at radius 3 is 2.79 bits per heavy atom. The van der Waals surface area contributed by atoms with Crippen LogP contribution < -0.4 is 5.32 Å². The summed E-state index contributed by atoms with van der Waals surface area (Å²) in [5, 5.41) is 17.1. The Bertz CT molecular complexity index is 360. The summed E-state index contributed by atoms with van der Waals surface area (Å²) >= 11 is 1.86. The van der Waals surface area contributed by atoms with E-state index < -0.39 is 0 Å². The van der Waals surface area contributed by atoms with Crippen LogP contribution in [0.3, 0.4) is 0 Å². The van der Waals surface area contributed by atoms with Gasteiger partial charge in [-0.1, -0.05) is 25.6 Å². The fourth-order valence-electron chi connectivity index (χ4n) is 2.40. The van der Waals surface area contributed by atoms with Gasteiger partial charge in [0.2, 0.25) is 5.16 Å². The van der Waals surface area contributed by atoms with Crippen LogP contribution in [0.15, 0.2) is 5.16 Å². The van der Waals surface area contributed by atoms with Gasteiger partial charge in [-0.25, -0.2) is 4.68 Å². The SMILES string of the molecule is CCCNCCn1nnnc1SC1CCC(C)CC1. The minimum absolute atomic E-state index is 0.699. The minimum Gasteiger partial charge on any atom is -0.315 e. The van der Waals surface area contributed by atoms with E-state index in [1.54, 1.807) is 0 Å². The number of thioether (sulfide) groups is 1. The summed E-state index contributed by atoms with van der Waals surface area (Å²) in [6, 6.07) is 0. The maximum atomic E-state index is 4.17. The molecule has 0 saturated heterocycles. The molecule has 0 bridgehead atoms. The lowest BCUT2D eigenvalue weighted by Gasteiger charge is -2.24. The van der Waals surface area contributed by atoms with Gasteiger partial charge in [-0.2, -0.15) is 0 Å². The highest BCUT2D eigenvalue weighted by Crippen LogP contribution is 2.34. The monoisotopic (exact) mass is 283 g/mol. The highest BCUT2D eigenvalue weighted by atomic mass is 32.2. The second-order valence-electron chi connectivity index (χ2n) is 5.43. The van der Waals surface area contributed by atoms with Gasteiger partial charge in [0.05, 0.1) is 6.54 Å². The van der Waals surface area contributed by atoms with Crippen molar-refractivity contribution in [1.29, 1.82) is 0 Å². The van der Waals surface area contributed by atoms with Crippen molar-refractivity contribution in [3.05, 3.63) is 0 Å². The van der Waals surface area contributed by atoms with Crippen molar-refractivity contribution in [3.63, 3.8) is 0 Å². The van der Waals surface area contributed by atoms with Crippen LogP contribution in [-0.4, -0.2) is 38.5 Å². The molecule has 1 aromatic heterocycles. The maximum absolute atomic E-state index is 4.17. The molecule has 0 aliphatic heterocycles. The summed E-state index contributed by atoms with van der Waals surface area (Å²) in [5.74, 6) is 0.895. The van der Waals surface area contributed by atoms with E-state index in [9.17, 15) is 0 Å². The van der Waals surface area contributed by atoms with Crippen molar-refractivity contribution in [3.8, 4) is 0 Å². The van der Waals surface area contributed by atoms with Crippen molar-refractivity contribution in [2.24, 2.45) is 5.92 Å². The van der Waals surface area contributed by atoms with Crippen LogP contribution in [0.5, 0.6) is 0 Å². The van der Waals surface area contributed by atoms with E-state index in [2.05, 4.69) is 34.7 Å². The van der Waals surface area contributed by atoms with Gasteiger partial charge in [0, 0.05) is 11.8 Å². The lowest BCUT2D eigenvalue weighted by atomic mass is 9.91. The zero-order valence-corrected chi connectivity index (χ0v) is 12.8. The van der Waals surface area contributed by atoms with Crippen LogP contribution >= 0.6 is 11.8 Å². The number of nitrogens with zero attached hydrogens (tertiary/aromatic N) is 4. The normalized spacial score (nSPS) is 23.7. The van der Waals surface area contributed by atoms with Crippen LogP contribution in [-0.2, 0) is 6.54 Å². The predicted molar refractivity (Wildman–Crippen MR) is 78.3 cm³/mol. The third-order valence-corrected chi connectivity index (χ3v) is 4.97. The Morgan fingerprint density at radius 2 is 2.05 bits per heavy atom. The Labute approximate surface area is 119 Å². The third kappa shape index (κ3) is 4.76. The Balaban J connectivity index is 1.78. The number of rotatable bonds is 7. The molecule has 0 unspecified atom stereocenters. The molecular formula is C13H25N5S. The molecule has 1 aromatic rings. The lowest BCUT2D eigenvalue weighted by Crippen LogP contribution is -2.22. The molecule has 0 radical (unpaired) electrons. The van der Waals surface area contributed by atoms with Gasteiger partial charge in [0.1, 0.15) is 0 Å². The fourth-order valence-corrected chi connectivity index (χ4v) is 3.54. The molecule has 108 valence electrons. The summed E-state index contributed by atoms with van der Waals surface area (Å²) in [4.78, 5) is 0. The van der Waals surface area contributed by atoms with E-state index in [1.807, 2.05) is 16.4 Å². The molecule has 1 fully saturated rings. The first-order valence-corrected chi connectivity index (χ1v) is 8.31. The average molecular weight is 283 g/mol.